The fourth-order valence-electron chi connectivity index (χ4n) is 2.22. The lowest BCUT2D eigenvalue weighted by molar-refractivity contribution is -0.122. The van der Waals surface area contributed by atoms with E-state index in [1.165, 1.54) is 15.6 Å². The lowest BCUT2D eigenvalue weighted by Gasteiger charge is -2.21. The minimum atomic E-state index is -3.31. The van der Waals surface area contributed by atoms with Gasteiger partial charge in [-0.3, -0.25) is 14.7 Å². The molecule has 1 aromatic rings. The van der Waals surface area contributed by atoms with Crippen molar-refractivity contribution in [2.24, 2.45) is 11.7 Å². The van der Waals surface area contributed by atoms with E-state index in [-0.39, 0.29) is 6.54 Å². The minimum absolute atomic E-state index is 0.160. The van der Waals surface area contributed by atoms with Crippen LogP contribution in [0.25, 0.3) is 0 Å². The molecule has 1 fully saturated rings. The molecule has 1 saturated heterocycles. The highest BCUT2D eigenvalue weighted by atomic mass is 32.2. The summed E-state index contributed by atoms with van der Waals surface area (Å²) in [7, 11) is -3.31. The molecule has 2 N–H and O–H groups in total. The second kappa shape index (κ2) is 6.17. The molecule has 7 nitrogen and oxygen atoms in total. The van der Waals surface area contributed by atoms with Gasteiger partial charge >= 0.3 is 0 Å². The largest absolute Gasteiger partial charge is 0.369 e. The predicted octanol–water partition coefficient (Wildman–Crippen LogP) is -0.678. The molecule has 1 amide bonds. The van der Waals surface area contributed by atoms with Crippen LogP contribution in [-0.4, -0.2) is 60.9 Å². The van der Waals surface area contributed by atoms with Crippen LogP contribution in [0.5, 0.6) is 0 Å². The van der Waals surface area contributed by atoms with Crippen molar-refractivity contribution in [2.75, 3.05) is 32.4 Å². The average molecular weight is 318 g/mol. The molecule has 0 bridgehead atoms. The molecular weight excluding hydrogens is 300 g/mol. The van der Waals surface area contributed by atoms with E-state index in [0.29, 0.717) is 26.2 Å². The number of hydrogen-bond donors (Lipinski definition) is 1. The smallest absolute Gasteiger partial charge is 0.223 e. The number of nitrogens with two attached hydrogens (primary N) is 1. The molecule has 2 rings (SSSR count). The third-order valence-corrected chi connectivity index (χ3v) is 5.34. The quantitative estimate of drug-likeness (QED) is 0.793. The van der Waals surface area contributed by atoms with Gasteiger partial charge in [0.05, 0.1) is 17.7 Å². The van der Waals surface area contributed by atoms with Crippen molar-refractivity contribution < 1.29 is 13.2 Å². The van der Waals surface area contributed by atoms with Gasteiger partial charge in [0.1, 0.15) is 0 Å². The Morgan fingerprint density at radius 1 is 1.50 bits per heavy atom. The van der Waals surface area contributed by atoms with E-state index in [4.69, 9.17) is 5.73 Å². The van der Waals surface area contributed by atoms with Gasteiger partial charge in [-0.2, -0.15) is 0 Å². The SMILES string of the molecule is CS(=O)(=O)N1CCN(Cc2cncs2)C[C@@H](C(N)=O)C1. The molecule has 1 aliphatic heterocycles. The summed E-state index contributed by atoms with van der Waals surface area (Å²) in [4.78, 5) is 18.6. The maximum absolute atomic E-state index is 11.7. The van der Waals surface area contributed by atoms with Crippen LogP contribution in [0.4, 0.5) is 0 Å². The fourth-order valence-corrected chi connectivity index (χ4v) is 3.72. The molecule has 0 unspecified atom stereocenters. The van der Waals surface area contributed by atoms with E-state index >= 15 is 0 Å². The number of rotatable bonds is 4. The van der Waals surface area contributed by atoms with Gasteiger partial charge in [-0.15, -0.1) is 11.3 Å². The maximum atomic E-state index is 11.7. The number of carbonyl (C=O) groups is 1. The van der Waals surface area contributed by atoms with Crippen molar-refractivity contribution in [3.63, 3.8) is 0 Å². The Hall–Kier alpha value is -1.03. The molecule has 112 valence electrons. The third kappa shape index (κ3) is 3.98. The highest BCUT2D eigenvalue weighted by molar-refractivity contribution is 7.88. The van der Waals surface area contributed by atoms with Crippen LogP contribution in [0.1, 0.15) is 4.88 Å². The maximum Gasteiger partial charge on any atom is 0.223 e. The topological polar surface area (TPSA) is 96.6 Å². The van der Waals surface area contributed by atoms with E-state index in [0.717, 1.165) is 11.1 Å². The van der Waals surface area contributed by atoms with E-state index in [9.17, 15) is 13.2 Å². The lowest BCUT2D eigenvalue weighted by atomic mass is 10.1. The van der Waals surface area contributed by atoms with Crippen LogP contribution in [0.2, 0.25) is 0 Å². The Kier molecular flexibility index (Phi) is 4.74. The standard InChI is InChI=1S/C11H18N4O3S2/c1-20(17,18)15-3-2-14(5-9(6-15)11(12)16)7-10-4-13-8-19-10/h4,8-9H,2-3,5-7H2,1H3,(H2,12,16)/t9-/m1/s1. The van der Waals surface area contributed by atoms with Crippen molar-refractivity contribution in [2.45, 2.75) is 6.54 Å². The van der Waals surface area contributed by atoms with Crippen LogP contribution in [-0.2, 0) is 21.4 Å². The van der Waals surface area contributed by atoms with Gasteiger partial charge in [-0.1, -0.05) is 0 Å². The Balaban J connectivity index is 2.11. The summed E-state index contributed by atoms with van der Waals surface area (Å²) in [6, 6.07) is 0. The zero-order valence-electron chi connectivity index (χ0n) is 11.2. The molecular formula is C11H18N4O3S2. The van der Waals surface area contributed by atoms with Crippen molar-refractivity contribution in [3.8, 4) is 0 Å². The van der Waals surface area contributed by atoms with Crippen molar-refractivity contribution in [1.29, 1.82) is 0 Å². The first-order valence-electron chi connectivity index (χ1n) is 6.20. The molecule has 0 spiro atoms. The van der Waals surface area contributed by atoms with E-state index in [1.54, 1.807) is 11.7 Å². The molecule has 1 aromatic heterocycles. The first kappa shape index (κ1) is 15.4. The Labute approximate surface area is 122 Å². The van der Waals surface area contributed by atoms with E-state index in [2.05, 4.69) is 4.98 Å². The highest BCUT2D eigenvalue weighted by Gasteiger charge is 2.30. The molecule has 0 aromatic carbocycles. The Morgan fingerprint density at radius 2 is 2.25 bits per heavy atom. The molecule has 1 aliphatic rings. The van der Waals surface area contributed by atoms with Gasteiger partial charge in [0, 0.05) is 43.8 Å². The van der Waals surface area contributed by atoms with E-state index in [1.807, 2.05) is 4.90 Å². The molecule has 0 aliphatic carbocycles. The third-order valence-electron chi connectivity index (χ3n) is 3.30. The average Bonchev–Trinajstić information content (AvgIpc) is 2.72. The summed E-state index contributed by atoms with van der Waals surface area (Å²) < 4.78 is 24.7. The van der Waals surface area contributed by atoms with Gasteiger partial charge < -0.3 is 5.73 Å². The monoisotopic (exact) mass is 318 g/mol. The number of hydrogen-bond acceptors (Lipinski definition) is 6. The van der Waals surface area contributed by atoms with Crippen LogP contribution < -0.4 is 5.73 Å². The van der Waals surface area contributed by atoms with Gasteiger partial charge in [0.2, 0.25) is 15.9 Å². The molecule has 9 heteroatoms. The van der Waals surface area contributed by atoms with Crippen LogP contribution in [0, 0.1) is 5.92 Å². The predicted molar refractivity (Wildman–Crippen MR) is 76.5 cm³/mol. The van der Waals surface area contributed by atoms with Crippen molar-refractivity contribution in [3.05, 3.63) is 16.6 Å². The molecule has 1 atom stereocenters. The number of primary amides is 1. The number of sulfonamides is 1. The fraction of sp³-hybridized carbons (Fsp3) is 0.636. The zero-order valence-corrected chi connectivity index (χ0v) is 12.9. The second-order valence-corrected chi connectivity index (χ2v) is 7.88. The van der Waals surface area contributed by atoms with Crippen molar-refractivity contribution >= 4 is 27.3 Å². The lowest BCUT2D eigenvalue weighted by Crippen LogP contribution is -2.40. The zero-order chi connectivity index (χ0) is 14.8. The van der Waals surface area contributed by atoms with Gasteiger partial charge in [0.25, 0.3) is 0 Å². The summed E-state index contributed by atoms with van der Waals surface area (Å²) >= 11 is 1.54. The molecule has 0 radical (unpaired) electrons. The number of carbonyl (C=O) groups excluding carboxylic acids is 1. The van der Waals surface area contributed by atoms with Crippen LogP contribution >= 0.6 is 11.3 Å². The van der Waals surface area contributed by atoms with Crippen molar-refractivity contribution in [1.82, 2.24) is 14.2 Å². The van der Waals surface area contributed by atoms with Gasteiger partial charge in [0.15, 0.2) is 0 Å². The molecule has 0 saturated carbocycles. The Bertz CT molecular complexity index is 558. The normalized spacial score (nSPS) is 22.6. The number of amides is 1. The molecule has 2 heterocycles. The number of aromatic nitrogens is 1. The second-order valence-electron chi connectivity index (χ2n) is 4.92. The number of thiazole rings is 1. The summed E-state index contributed by atoms with van der Waals surface area (Å²) in [6.45, 7) is 2.24. The Morgan fingerprint density at radius 3 is 2.80 bits per heavy atom. The summed E-state index contributed by atoms with van der Waals surface area (Å²) in [5.41, 5.74) is 7.13. The first-order valence-corrected chi connectivity index (χ1v) is 8.93. The van der Waals surface area contributed by atoms with Gasteiger partial charge in [-0.05, 0) is 0 Å². The van der Waals surface area contributed by atoms with Crippen LogP contribution in [0.3, 0.4) is 0 Å². The van der Waals surface area contributed by atoms with Gasteiger partial charge in [-0.25, -0.2) is 12.7 Å². The summed E-state index contributed by atoms with van der Waals surface area (Å²) in [5.74, 6) is -0.949. The highest BCUT2D eigenvalue weighted by Crippen LogP contribution is 2.16. The van der Waals surface area contributed by atoms with E-state index < -0.39 is 21.8 Å². The number of nitrogens with zero attached hydrogens (tertiary/aromatic N) is 3. The van der Waals surface area contributed by atoms with Crippen LogP contribution in [0.15, 0.2) is 11.7 Å². The first-order chi connectivity index (χ1) is 9.36. The summed E-state index contributed by atoms with van der Waals surface area (Å²) in [5, 5.41) is 0. The minimum Gasteiger partial charge on any atom is -0.369 e. The summed E-state index contributed by atoms with van der Waals surface area (Å²) in [6.07, 6.45) is 2.94. The molecule has 20 heavy (non-hydrogen) atoms.